The molecule has 3 aliphatic carbocycles. The Bertz CT molecular complexity index is 335. The summed E-state index contributed by atoms with van der Waals surface area (Å²) < 4.78 is 0. The van der Waals surface area contributed by atoms with Gasteiger partial charge in [0.15, 0.2) is 0 Å². The van der Waals surface area contributed by atoms with Crippen molar-refractivity contribution in [3.63, 3.8) is 0 Å². The molecule has 3 rings (SSSR count). The summed E-state index contributed by atoms with van der Waals surface area (Å²) in [5.74, 6) is 1.92. The molecule has 1 unspecified atom stereocenters. The van der Waals surface area contributed by atoms with Crippen LogP contribution in [0.1, 0.15) is 51.9 Å². The van der Waals surface area contributed by atoms with Crippen LogP contribution in [-0.2, 0) is 0 Å². The van der Waals surface area contributed by atoms with Gasteiger partial charge in [-0.1, -0.05) is 0 Å². The molecule has 0 saturated heterocycles. The predicted octanol–water partition coefficient (Wildman–Crippen LogP) is 2.53. The Morgan fingerprint density at radius 2 is 1.68 bits per heavy atom. The van der Waals surface area contributed by atoms with E-state index in [1.807, 2.05) is 0 Å². The molecule has 3 heteroatoms. The molecule has 1 N–H and O–H groups in total. The van der Waals surface area contributed by atoms with Crippen molar-refractivity contribution in [3.05, 3.63) is 0 Å². The molecule has 0 heterocycles. The molecule has 3 nitrogen and oxygen atoms in total. The van der Waals surface area contributed by atoms with Gasteiger partial charge >= 0.3 is 0 Å². The van der Waals surface area contributed by atoms with E-state index in [4.69, 9.17) is 0 Å². The average Bonchev–Trinajstić information content (AvgIpc) is 3.23. The minimum absolute atomic E-state index is 0.313. The lowest BCUT2D eigenvalue weighted by Crippen LogP contribution is -2.45. The quantitative estimate of drug-likeness (QED) is 0.693. The highest BCUT2D eigenvalue weighted by Gasteiger charge is 2.34. The zero-order valence-corrected chi connectivity index (χ0v) is 12.2. The number of rotatable bonds is 9. The summed E-state index contributed by atoms with van der Waals surface area (Å²) in [6.07, 6.45) is 9.19. The topological polar surface area (TPSA) is 39.1 Å². The second kappa shape index (κ2) is 5.42. The highest BCUT2D eigenvalue weighted by atomic mass is 15.1. The Labute approximate surface area is 117 Å². The summed E-state index contributed by atoms with van der Waals surface area (Å²) in [7, 11) is 0. The molecule has 3 aliphatic rings. The Kier molecular flexibility index (Phi) is 3.82. The van der Waals surface area contributed by atoms with Crippen molar-refractivity contribution in [2.75, 3.05) is 19.6 Å². The van der Waals surface area contributed by atoms with Gasteiger partial charge < -0.3 is 4.90 Å². The minimum Gasteiger partial charge on any atom is -0.303 e. The van der Waals surface area contributed by atoms with Crippen molar-refractivity contribution in [2.24, 2.45) is 11.8 Å². The van der Waals surface area contributed by atoms with Crippen molar-refractivity contribution in [1.82, 2.24) is 10.2 Å². The van der Waals surface area contributed by atoms with Gasteiger partial charge in [0, 0.05) is 25.7 Å². The van der Waals surface area contributed by atoms with Gasteiger partial charge in [0.25, 0.3) is 0 Å². The smallest absolute Gasteiger partial charge is 0.105 e. The van der Waals surface area contributed by atoms with Gasteiger partial charge in [-0.3, -0.25) is 5.32 Å². The molecule has 0 radical (unpaired) electrons. The molecule has 3 fully saturated rings. The van der Waals surface area contributed by atoms with E-state index in [0.717, 1.165) is 24.8 Å². The lowest BCUT2D eigenvalue weighted by atomic mass is 9.99. The maximum atomic E-state index is 9.43. The Morgan fingerprint density at radius 1 is 1.11 bits per heavy atom. The molecule has 0 aromatic carbocycles. The fourth-order valence-electron chi connectivity index (χ4n) is 2.81. The zero-order valence-electron chi connectivity index (χ0n) is 12.2. The molecule has 0 amide bonds. The standard InChI is InChI=1S/C16H27N3/c1-16(12-17,18-15-6-7-15)8-9-19(10-13-2-3-13)11-14-4-5-14/h13-15,18H,2-11H2,1H3. The first kappa shape index (κ1) is 13.4. The maximum Gasteiger partial charge on any atom is 0.105 e. The van der Waals surface area contributed by atoms with Crippen molar-refractivity contribution < 1.29 is 0 Å². The van der Waals surface area contributed by atoms with Crippen LogP contribution < -0.4 is 5.32 Å². The Balaban J connectivity index is 1.46. The molecule has 0 spiro atoms. The number of nitrogens with one attached hydrogen (secondary N) is 1. The molecule has 1 atom stereocenters. The number of hydrogen-bond acceptors (Lipinski definition) is 3. The molecular formula is C16H27N3. The van der Waals surface area contributed by atoms with Crippen LogP contribution in [0.5, 0.6) is 0 Å². The fraction of sp³-hybridized carbons (Fsp3) is 0.938. The van der Waals surface area contributed by atoms with Crippen molar-refractivity contribution in [3.8, 4) is 6.07 Å². The first-order valence-corrected chi connectivity index (χ1v) is 8.08. The first-order valence-electron chi connectivity index (χ1n) is 8.08. The minimum atomic E-state index is -0.313. The van der Waals surface area contributed by atoms with Gasteiger partial charge in [0.1, 0.15) is 5.54 Å². The van der Waals surface area contributed by atoms with Gasteiger partial charge in [-0.2, -0.15) is 5.26 Å². The fourth-order valence-corrected chi connectivity index (χ4v) is 2.81. The molecule has 106 valence electrons. The number of hydrogen-bond donors (Lipinski definition) is 1. The lowest BCUT2D eigenvalue weighted by Gasteiger charge is -2.28. The lowest BCUT2D eigenvalue weighted by molar-refractivity contribution is 0.227. The van der Waals surface area contributed by atoms with Crippen LogP contribution in [0, 0.1) is 23.2 Å². The molecule has 0 aliphatic heterocycles. The highest BCUT2D eigenvalue weighted by Crippen LogP contribution is 2.34. The number of nitrogens with zero attached hydrogens (tertiary/aromatic N) is 2. The van der Waals surface area contributed by atoms with Crippen LogP contribution >= 0.6 is 0 Å². The van der Waals surface area contributed by atoms with E-state index in [1.165, 1.54) is 51.6 Å². The third-order valence-electron chi connectivity index (χ3n) is 4.70. The molecule has 0 aromatic rings. The van der Waals surface area contributed by atoms with E-state index < -0.39 is 0 Å². The van der Waals surface area contributed by atoms with Crippen LogP contribution in [0.15, 0.2) is 0 Å². The van der Waals surface area contributed by atoms with Crippen LogP contribution in [0.2, 0.25) is 0 Å². The molecular weight excluding hydrogens is 234 g/mol. The van der Waals surface area contributed by atoms with Crippen LogP contribution in [0.3, 0.4) is 0 Å². The second-order valence-corrected chi connectivity index (χ2v) is 7.26. The third-order valence-corrected chi connectivity index (χ3v) is 4.70. The monoisotopic (exact) mass is 261 g/mol. The molecule has 19 heavy (non-hydrogen) atoms. The summed E-state index contributed by atoms with van der Waals surface area (Å²) in [4.78, 5) is 2.64. The Morgan fingerprint density at radius 3 is 2.11 bits per heavy atom. The normalized spacial score (nSPS) is 26.2. The van der Waals surface area contributed by atoms with E-state index >= 15 is 0 Å². The van der Waals surface area contributed by atoms with E-state index in [9.17, 15) is 5.26 Å². The molecule has 3 saturated carbocycles. The van der Waals surface area contributed by atoms with E-state index in [1.54, 1.807) is 0 Å². The van der Waals surface area contributed by atoms with E-state index in [2.05, 4.69) is 23.2 Å². The average molecular weight is 261 g/mol. The zero-order chi connectivity index (χ0) is 13.3. The predicted molar refractivity (Wildman–Crippen MR) is 76.7 cm³/mol. The van der Waals surface area contributed by atoms with E-state index in [-0.39, 0.29) is 5.54 Å². The Hall–Kier alpha value is -0.590. The number of nitriles is 1. The highest BCUT2D eigenvalue weighted by molar-refractivity contribution is 5.07. The summed E-state index contributed by atoms with van der Waals surface area (Å²) in [5.41, 5.74) is -0.313. The van der Waals surface area contributed by atoms with Gasteiger partial charge in [0.2, 0.25) is 0 Å². The summed E-state index contributed by atoms with van der Waals surface area (Å²) in [5, 5.41) is 13.0. The van der Waals surface area contributed by atoms with Crippen LogP contribution in [0.4, 0.5) is 0 Å². The largest absolute Gasteiger partial charge is 0.303 e. The van der Waals surface area contributed by atoms with E-state index in [0.29, 0.717) is 6.04 Å². The van der Waals surface area contributed by atoms with Crippen LogP contribution in [-0.4, -0.2) is 36.1 Å². The maximum absolute atomic E-state index is 9.43. The summed E-state index contributed by atoms with van der Waals surface area (Å²) in [6.45, 7) is 5.73. The summed E-state index contributed by atoms with van der Waals surface area (Å²) >= 11 is 0. The third kappa shape index (κ3) is 4.47. The molecule has 0 aromatic heterocycles. The molecule has 0 bridgehead atoms. The summed E-state index contributed by atoms with van der Waals surface area (Å²) in [6, 6.07) is 3.12. The van der Waals surface area contributed by atoms with Crippen LogP contribution in [0.25, 0.3) is 0 Å². The second-order valence-electron chi connectivity index (χ2n) is 7.26. The first-order chi connectivity index (χ1) is 9.17. The van der Waals surface area contributed by atoms with Crippen molar-refractivity contribution >= 4 is 0 Å². The van der Waals surface area contributed by atoms with Crippen molar-refractivity contribution in [1.29, 1.82) is 5.26 Å². The van der Waals surface area contributed by atoms with Crippen molar-refractivity contribution in [2.45, 2.75) is 63.5 Å². The van der Waals surface area contributed by atoms with Gasteiger partial charge in [-0.15, -0.1) is 0 Å². The SMILES string of the molecule is CC(C#N)(CCN(CC1CC1)CC1CC1)NC1CC1. The van der Waals surface area contributed by atoms with Gasteiger partial charge in [-0.25, -0.2) is 0 Å². The van der Waals surface area contributed by atoms with Gasteiger partial charge in [-0.05, 0) is 63.7 Å². The van der Waals surface area contributed by atoms with Gasteiger partial charge in [0.05, 0.1) is 6.07 Å².